The van der Waals surface area contributed by atoms with Gasteiger partial charge in [0.05, 0.1) is 0 Å². The minimum absolute atomic E-state index is 0.0470. The Morgan fingerprint density at radius 2 is 1.94 bits per heavy atom. The normalized spacial score (nSPS) is 16.1. The third-order valence-corrected chi connectivity index (χ3v) is 8.82. The molecule has 3 rings (SSSR count). The van der Waals surface area contributed by atoms with Gasteiger partial charge in [0.15, 0.2) is 0 Å². The number of benzene rings is 2. The van der Waals surface area contributed by atoms with Crippen molar-refractivity contribution in [3.05, 3.63) is 58.6 Å². The van der Waals surface area contributed by atoms with E-state index in [1.54, 1.807) is 13.0 Å². The predicted molar refractivity (Wildman–Crippen MR) is 147 cm³/mol. The smallest absolute Gasteiger partial charge is 0.265 e. The number of halogens is 1. The van der Waals surface area contributed by atoms with Crippen LogP contribution < -0.4 is 15.4 Å². The molecular weight excluding hydrogens is 518 g/mol. The van der Waals surface area contributed by atoms with Crippen LogP contribution in [-0.4, -0.2) is 65.5 Å². The van der Waals surface area contributed by atoms with Crippen molar-refractivity contribution in [2.75, 3.05) is 40.3 Å². The Bertz CT molecular complexity index is 1220. The van der Waals surface area contributed by atoms with Crippen LogP contribution in [0.5, 0.6) is 0 Å². The standard InChI is InChI=1S/C25H34ClN5O3S2/c1-17-13-21(36(33,34)30-24-28-15-25(2,3)16-29-24)20(14-19(17)26)35-22(18-9-7-6-8-10-18)23(32)27-11-12-31(4)5/h6-10,13-14,22H,11-12,15-16H2,1-5H3,(H,27,32)(H2,28,29,30). The van der Waals surface area contributed by atoms with Crippen molar-refractivity contribution in [1.29, 1.82) is 0 Å². The van der Waals surface area contributed by atoms with Crippen molar-refractivity contribution in [2.45, 2.75) is 35.8 Å². The van der Waals surface area contributed by atoms with Crippen molar-refractivity contribution < 1.29 is 13.2 Å². The molecule has 1 atom stereocenters. The highest BCUT2D eigenvalue weighted by Crippen LogP contribution is 2.40. The summed E-state index contributed by atoms with van der Waals surface area (Å²) < 4.78 is 29.5. The summed E-state index contributed by atoms with van der Waals surface area (Å²) in [5, 5.41) is 5.77. The number of likely N-dealkylation sites (N-methyl/N-ethyl adjacent to an activating group) is 1. The summed E-state index contributed by atoms with van der Waals surface area (Å²) in [4.78, 5) is 20.0. The Morgan fingerprint density at radius 1 is 1.25 bits per heavy atom. The minimum Gasteiger partial charge on any atom is -0.355 e. The zero-order valence-corrected chi connectivity index (χ0v) is 23.6. The van der Waals surface area contributed by atoms with E-state index in [9.17, 15) is 13.2 Å². The van der Waals surface area contributed by atoms with Crippen LogP contribution in [0.2, 0.25) is 5.02 Å². The third kappa shape index (κ3) is 7.61. The molecule has 2 aromatic carbocycles. The van der Waals surface area contributed by atoms with Gasteiger partial charge in [-0.1, -0.05) is 55.8 Å². The van der Waals surface area contributed by atoms with Crippen LogP contribution in [-0.2, 0) is 14.8 Å². The number of guanidine groups is 1. The van der Waals surface area contributed by atoms with Crippen LogP contribution in [0, 0.1) is 12.3 Å². The van der Waals surface area contributed by atoms with E-state index in [2.05, 4.69) is 34.2 Å². The zero-order valence-electron chi connectivity index (χ0n) is 21.3. The maximum atomic E-state index is 13.5. The van der Waals surface area contributed by atoms with Gasteiger partial charge in [0.25, 0.3) is 10.0 Å². The fourth-order valence-electron chi connectivity index (χ4n) is 3.44. The zero-order chi connectivity index (χ0) is 26.5. The Kier molecular flexibility index (Phi) is 9.32. The van der Waals surface area contributed by atoms with E-state index in [0.29, 0.717) is 41.7 Å². The fourth-order valence-corrected chi connectivity index (χ4v) is 6.40. The Morgan fingerprint density at radius 3 is 2.56 bits per heavy atom. The van der Waals surface area contributed by atoms with E-state index in [0.717, 1.165) is 17.3 Å². The molecule has 0 saturated carbocycles. The minimum atomic E-state index is -4.01. The van der Waals surface area contributed by atoms with Gasteiger partial charge in [0, 0.05) is 41.5 Å². The van der Waals surface area contributed by atoms with E-state index < -0.39 is 15.3 Å². The van der Waals surface area contributed by atoms with Crippen molar-refractivity contribution >= 4 is 45.3 Å². The first-order chi connectivity index (χ1) is 16.9. The van der Waals surface area contributed by atoms with Crippen LogP contribution in [0.4, 0.5) is 0 Å². The third-order valence-electron chi connectivity index (χ3n) is 5.59. The maximum Gasteiger partial charge on any atom is 0.265 e. The first-order valence-electron chi connectivity index (χ1n) is 11.6. The second-order valence-corrected chi connectivity index (χ2v) is 13.0. The number of amides is 1. The molecule has 11 heteroatoms. The molecule has 0 spiro atoms. The number of carbonyl (C=O) groups excluding carboxylic acids is 1. The summed E-state index contributed by atoms with van der Waals surface area (Å²) in [6.07, 6.45) is 0. The second kappa shape index (κ2) is 11.9. The molecule has 0 radical (unpaired) electrons. The quantitative estimate of drug-likeness (QED) is 0.413. The summed E-state index contributed by atoms with van der Waals surface area (Å²) in [6.45, 7) is 8.11. The van der Waals surface area contributed by atoms with Crippen LogP contribution in [0.1, 0.15) is 30.2 Å². The molecule has 2 aromatic rings. The summed E-state index contributed by atoms with van der Waals surface area (Å²) in [7, 11) is -0.148. The molecule has 1 unspecified atom stereocenters. The van der Waals surface area contributed by atoms with Gasteiger partial charge in [-0.15, -0.1) is 11.8 Å². The number of aliphatic imine (C=N–C) groups is 1. The van der Waals surface area contributed by atoms with Gasteiger partial charge in [-0.2, -0.15) is 0 Å². The van der Waals surface area contributed by atoms with Crippen LogP contribution in [0.25, 0.3) is 0 Å². The van der Waals surface area contributed by atoms with Gasteiger partial charge in [-0.3, -0.25) is 9.79 Å². The van der Waals surface area contributed by atoms with Gasteiger partial charge in [-0.25, -0.2) is 13.1 Å². The monoisotopic (exact) mass is 551 g/mol. The Balaban J connectivity index is 1.95. The topological polar surface area (TPSA) is 103 Å². The van der Waals surface area contributed by atoms with E-state index in [1.807, 2.05) is 49.3 Å². The molecule has 3 N–H and O–H groups in total. The van der Waals surface area contributed by atoms with Crippen molar-refractivity contribution in [1.82, 2.24) is 20.3 Å². The van der Waals surface area contributed by atoms with Crippen LogP contribution in [0.15, 0.2) is 57.2 Å². The number of carbonyl (C=O) groups is 1. The largest absolute Gasteiger partial charge is 0.355 e. The van der Waals surface area contributed by atoms with E-state index in [1.165, 1.54) is 6.07 Å². The van der Waals surface area contributed by atoms with Crippen LogP contribution >= 0.6 is 23.4 Å². The van der Waals surface area contributed by atoms with Gasteiger partial charge >= 0.3 is 0 Å². The van der Waals surface area contributed by atoms with Crippen LogP contribution in [0.3, 0.4) is 0 Å². The SMILES string of the molecule is Cc1cc(S(=O)(=O)NC2=NCC(C)(C)CN2)c(SC(C(=O)NCCN(C)C)c2ccccc2)cc1Cl. The van der Waals surface area contributed by atoms with Crippen molar-refractivity contribution in [3.8, 4) is 0 Å². The highest BCUT2D eigenvalue weighted by Gasteiger charge is 2.29. The molecule has 36 heavy (non-hydrogen) atoms. The number of aryl methyl sites for hydroxylation is 1. The summed E-state index contributed by atoms with van der Waals surface area (Å²) in [5.74, 6) is 0.000485. The molecule has 1 heterocycles. The fraction of sp³-hybridized carbons (Fsp3) is 0.440. The highest BCUT2D eigenvalue weighted by atomic mass is 35.5. The first kappa shape index (κ1) is 28.3. The van der Waals surface area contributed by atoms with Gasteiger partial charge in [0.2, 0.25) is 11.9 Å². The molecule has 196 valence electrons. The molecule has 0 aliphatic carbocycles. The highest BCUT2D eigenvalue weighted by molar-refractivity contribution is 8.01. The number of nitrogens with one attached hydrogen (secondary N) is 3. The lowest BCUT2D eigenvalue weighted by Gasteiger charge is -2.29. The molecule has 0 fully saturated rings. The average Bonchev–Trinajstić information content (AvgIpc) is 2.81. The molecule has 0 bridgehead atoms. The van der Waals surface area contributed by atoms with Crippen molar-refractivity contribution in [3.63, 3.8) is 0 Å². The molecule has 1 aliphatic rings. The number of hydrogen-bond acceptors (Lipinski definition) is 7. The van der Waals surface area contributed by atoms with Gasteiger partial charge in [-0.05, 0) is 44.3 Å². The lowest BCUT2D eigenvalue weighted by molar-refractivity contribution is -0.120. The first-order valence-corrected chi connectivity index (χ1v) is 14.4. The van der Waals surface area contributed by atoms with E-state index in [4.69, 9.17) is 11.6 Å². The second-order valence-electron chi connectivity index (χ2n) is 9.84. The summed E-state index contributed by atoms with van der Waals surface area (Å²) >= 11 is 7.57. The number of nitrogens with zero attached hydrogens (tertiary/aromatic N) is 2. The predicted octanol–water partition coefficient (Wildman–Crippen LogP) is 3.42. The lowest BCUT2D eigenvalue weighted by atomic mass is 9.93. The number of hydrogen-bond donors (Lipinski definition) is 3. The molecule has 8 nitrogen and oxygen atoms in total. The van der Waals surface area contributed by atoms with Gasteiger partial charge in [0.1, 0.15) is 10.1 Å². The maximum absolute atomic E-state index is 13.5. The molecule has 1 amide bonds. The number of rotatable bonds is 9. The lowest BCUT2D eigenvalue weighted by Crippen LogP contribution is -2.49. The van der Waals surface area contributed by atoms with Crippen molar-refractivity contribution in [2.24, 2.45) is 10.4 Å². The molecular formula is C25H34ClN5O3S2. The Hall–Kier alpha value is -2.27. The average molecular weight is 552 g/mol. The van der Waals surface area contributed by atoms with E-state index in [-0.39, 0.29) is 22.2 Å². The summed E-state index contributed by atoms with van der Waals surface area (Å²) in [6, 6.07) is 12.4. The van der Waals surface area contributed by atoms with Gasteiger partial charge < -0.3 is 15.5 Å². The molecule has 0 aromatic heterocycles. The summed E-state index contributed by atoms with van der Waals surface area (Å²) in [5.41, 5.74) is 1.32. The number of sulfonamides is 1. The molecule has 0 saturated heterocycles. The Labute approximate surface area is 223 Å². The number of thioether (sulfide) groups is 1. The molecule has 1 aliphatic heterocycles. The van der Waals surface area contributed by atoms with E-state index >= 15 is 0 Å².